The summed E-state index contributed by atoms with van der Waals surface area (Å²) in [7, 11) is 1.71. The average molecular weight is 269 g/mol. The zero-order chi connectivity index (χ0) is 13.2. The molecule has 3 rings (SSSR count). The molecule has 3 heteroatoms. The molecule has 0 aliphatic heterocycles. The molecule has 0 radical (unpaired) electrons. The number of nitrogens with two attached hydrogens (primary N) is 1. The lowest BCUT2D eigenvalue weighted by molar-refractivity contribution is 0.420. The number of hydrogen-bond donors (Lipinski definition) is 1. The van der Waals surface area contributed by atoms with Gasteiger partial charge in [0, 0.05) is 21.7 Å². The molecule has 3 aromatic rings. The molecule has 0 bridgehead atoms. The molecule has 2 N–H and O–H groups in total. The first-order valence-electron chi connectivity index (χ1n) is 6.18. The first-order valence-corrected chi connectivity index (χ1v) is 7.00. The maximum absolute atomic E-state index is 5.69. The molecule has 96 valence electrons. The molecule has 2 aromatic carbocycles. The summed E-state index contributed by atoms with van der Waals surface area (Å²) in [5.74, 6) is 0.912. The van der Waals surface area contributed by atoms with E-state index in [9.17, 15) is 0 Å². The van der Waals surface area contributed by atoms with E-state index in [1.165, 1.54) is 20.7 Å². The van der Waals surface area contributed by atoms with Gasteiger partial charge in [-0.2, -0.15) is 0 Å². The van der Waals surface area contributed by atoms with E-state index in [1.54, 1.807) is 18.4 Å². The van der Waals surface area contributed by atoms with Gasteiger partial charge in [-0.15, -0.1) is 11.3 Å². The fraction of sp³-hybridized carbons (Fsp3) is 0.125. The van der Waals surface area contributed by atoms with Crippen LogP contribution in [0.4, 0.5) is 0 Å². The first-order chi connectivity index (χ1) is 9.33. The third kappa shape index (κ3) is 2.11. The van der Waals surface area contributed by atoms with Crippen molar-refractivity contribution in [3.05, 3.63) is 53.4 Å². The van der Waals surface area contributed by atoms with Crippen molar-refractivity contribution < 1.29 is 4.74 Å². The Bertz CT molecular complexity index is 718. The van der Waals surface area contributed by atoms with Crippen LogP contribution in [0.25, 0.3) is 21.2 Å². The normalized spacial score (nSPS) is 10.8. The van der Waals surface area contributed by atoms with Crippen LogP contribution >= 0.6 is 11.3 Å². The second-order valence-electron chi connectivity index (χ2n) is 4.33. The minimum Gasteiger partial charge on any atom is -0.496 e. The third-order valence-electron chi connectivity index (χ3n) is 3.23. The third-order valence-corrected chi connectivity index (χ3v) is 4.37. The van der Waals surface area contributed by atoms with E-state index >= 15 is 0 Å². The molecule has 1 aromatic heterocycles. The molecular weight excluding hydrogens is 254 g/mol. The van der Waals surface area contributed by atoms with Gasteiger partial charge in [-0.25, -0.2) is 0 Å². The summed E-state index contributed by atoms with van der Waals surface area (Å²) in [6, 6.07) is 16.7. The van der Waals surface area contributed by atoms with E-state index in [2.05, 4.69) is 36.4 Å². The molecule has 0 aliphatic rings. The molecule has 2 nitrogen and oxygen atoms in total. The Morgan fingerprint density at radius 2 is 1.79 bits per heavy atom. The number of thiophene rings is 1. The Balaban J connectivity index is 2.24. The molecule has 0 amide bonds. The van der Waals surface area contributed by atoms with Gasteiger partial charge in [0.1, 0.15) is 5.75 Å². The highest BCUT2D eigenvalue weighted by molar-refractivity contribution is 7.15. The Morgan fingerprint density at radius 3 is 2.47 bits per heavy atom. The largest absolute Gasteiger partial charge is 0.496 e. The van der Waals surface area contributed by atoms with Crippen molar-refractivity contribution in [1.29, 1.82) is 0 Å². The van der Waals surface area contributed by atoms with Gasteiger partial charge in [-0.3, -0.25) is 0 Å². The van der Waals surface area contributed by atoms with Gasteiger partial charge in [-0.05, 0) is 35.2 Å². The Kier molecular flexibility index (Phi) is 3.23. The number of fused-ring (bicyclic) bond motifs is 1. The summed E-state index contributed by atoms with van der Waals surface area (Å²) in [4.78, 5) is 2.45. The number of benzene rings is 2. The highest BCUT2D eigenvalue weighted by Gasteiger charge is 2.09. The fourth-order valence-electron chi connectivity index (χ4n) is 2.30. The smallest absolute Gasteiger partial charge is 0.126 e. The van der Waals surface area contributed by atoms with Gasteiger partial charge in [-0.1, -0.05) is 24.3 Å². The van der Waals surface area contributed by atoms with Gasteiger partial charge in [0.15, 0.2) is 0 Å². The molecule has 0 atom stereocenters. The summed E-state index contributed by atoms with van der Waals surface area (Å²) < 4.78 is 5.43. The van der Waals surface area contributed by atoms with Crippen LogP contribution in [0.15, 0.2) is 48.5 Å². The number of rotatable bonds is 3. The number of methoxy groups -OCH3 is 1. The van der Waals surface area contributed by atoms with E-state index < -0.39 is 0 Å². The second-order valence-corrected chi connectivity index (χ2v) is 5.50. The van der Waals surface area contributed by atoms with Crippen LogP contribution in [0.1, 0.15) is 4.88 Å². The molecule has 1 heterocycles. The Morgan fingerprint density at radius 1 is 1.00 bits per heavy atom. The monoisotopic (exact) mass is 269 g/mol. The van der Waals surface area contributed by atoms with Gasteiger partial charge in [0.05, 0.1) is 7.11 Å². The van der Waals surface area contributed by atoms with E-state index in [0.29, 0.717) is 6.54 Å². The molecule has 0 unspecified atom stereocenters. The lowest BCUT2D eigenvalue weighted by Gasteiger charge is -2.09. The lowest BCUT2D eigenvalue weighted by Crippen LogP contribution is -1.91. The standard InChI is InChI=1S/C16H15NOS/c1-18-15-8-7-14(12-4-2-3-5-13(12)15)16-9-6-11(10-17)19-16/h2-9H,10,17H2,1H3. The topological polar surface area (TPSA) is 35.2 Å². The van der Waals surface area contributed by atoms with Gasteiger partial charge < -0.3 is 10.5 Å². The molecular formula is C16H15NOS. The molecule has 0 aliphatic carbocycles. The van der Waals surface area contributed by atoms with Crippen molar-refractivity contribution >= 4 is 22.1 Å². The van der Waals surface area contributed by atoms with Crippen molar-refractivity contribution in [2.75, 3.05) is 7.11 Å². The van der Waals surface area contributed by atoms with Gasteiger partial charge in [0.25, 0.3) is 0 Å². The van der Waals surface area contributed by atoms with Crippen molar-refractivity contribution in [3.63, 3.8) is 0 Å². The highest BCUT2D eigenvalue weighted by atomic mass is 32.1. The zero-order valence-electron chi connectivity index (χ0n) is 10.7. The Labute approximate surface area is 116 Å². The minimum atomic E-state index is 0.596. The van der Waals surface area contributed by atoms with E-state index in [0.717, 1.165) is 11.1 Å². The molecule has 0 saturated heterocycles. The van der Waals surface area contributed by atoms with Crippen molar-refractivity contribution in [2.45, 2.75) is 6.54 Å². The summed E-state index contributed by atoms with van der Waals surface area (Å²) in [6.07, 6.45) is 0. The predicted octanol–water partition coefficient (Wildman–Crippen LogP) is 4.04. The average Bonchev–Trinajstić information content (AvgIpc) is 2.95. The van der Waals surface area contributed by atoms with Gasteiger partial charge in [0.2, 0.25) is 0 Å². The zero-order valence-corrected chi connectivity index (χ0v) is 11.5. The van der Waals surface area contributed by atoms with Gasteiger partial charge >= 0.3 is 0 Å². The second kappa shape index (κ2) is 5.03. The Hall–Kier alpha value is -1.84. The summed E-state index contributed by atoms with van der Waals surface area (Å²) in [5.41, 5.74) is 6.93. The molecule has 0 fully saturated rings. The quantitative estimate of drug-likeness (QED) is 0.779. The predicted molar refractivity (Wildman–Crippen MR) is 81.7 cm³/mol. The minimum absolute atomic E-state index is 0.596. The van der Waals surface area contributed by atoms with Crippen molar-refractivity contribution in [1.82, 2.24) is 0 Å². The SMILES string of the molecule is COc1ccc(-c2ccc(CN)s2)c2ccccc12. The van der Waals surface area contributed by atoms with E-state index in [4.69, 9.17) is 10.5 Å². The van der Waals surface area contributed by atoms with Crippen LogP contribution in [-0.2, 0) is 6.54 Å². The number of ether oxygens (including phenoxy) is 1. The highest BCUT2D eigenvalue weighted by Crippen LogP contribution is 2.37. The summed E-state index contributed by atoms with van der Waals surface area (Å²) in [6.45, 7) is 0.596. The van der Waals surface area contributed by atoms with Crippen LogP contribution < -0.4 is 10.5 Å². The first kappa shape index (κ1) is 12.2. The lowest BCUT2D eigenvalue weighted by atomic mass is 10.0. The molecule has 0 saturated carbocycles. The maximum atomic E-state index is 5.69. The number of hydrogen-bond acceptors (Lipinski definition) is 3. The van der Waals surface area contributed by atoms with Crippen molar-refractivity contribution in [3.8, 4) is 16.2 Å². The fourth-order valence-corrected chi connectivity index (χ4v) is 3.22. The molecule has 0 spiro atoms. The van der Waals surface area contributed by atoms with Crippen molar-refractivity contribution in [2.24, 2.45) is 5.73 Å². The summed E-state index contributed by atoms with van der Waals surface area (Å²) in [5, 5.41) is 2.36. The van der Waals surface area contributed by atoms with Crippen LogP contribution in [0.3, 0.4) is 0 Å². The van der Waals surface area contributed by atoms with E-state index in [1.807, 2.05) is 12.1 Å². The maximum Gasteiger partial charge on any atom is 0.126 e. The van der Waals surface area contributed by atoms with Crippen LogP contribution in [0, 0.1) is 0 Å². The van der Waals surface area contributed by atoms with Crippen LogP contribution in [0.2, 0.25) is 0 Å². The molecule has 19 heavy (non-hydrogen) atoms. The van der Waals surface area contributed by atoms with Crippen LogP contribution in [-0.4, -0.2) is 7.11 Å². The van der Waals surface area contributed by atoms with Crippen LogP contribution in [0.5, 0.6) is 5.75 Å². The van der Waals surface area contributed by atoms with E-state index in [-0.39, 0.29) is 0 Å². The summed E-state index contributed by atoms with van der Waals surface area (Å²) >= 11 is 1.75.